The van der Waals surface area contributed by atoms with Gasteiger partial charge in [0.2, 0.25) is 5.78 Å². The first kappa shape index (κ1) is 13.9. The van der Waals surface area contributed by atoms with Gasteiger partial charge in [0.15, 0.2) is 5.76 Å². The zero-order chi connectivity index (χ0) is 14.4. The highest BCUT2D eigenvalue weighted by molar-refractivity contribution is 6.02. The Morgan fingerprint density at radius 2 is 1.85 bits per heavy atom. The highest BCUT2D eigenvalue weighted by Crippen LogP contribution is 2.13. The van der Waals surface area contributed by atoms with Crippen molar-refractivity contribution in [1.29, 1.82) is 0 Å². The van der Waals surface area contributed by atoms with E-state index in [0.717, 1.165) is 11.3 Å². The average Bonchev–Trinajstić information content (AvgIpc) is 2.98. The van der Waals surface area contributed by atoms with Crippen LogP contribution >= 0.6 is 0 Å². The summed E-state index contributed by atoms with van der Waals surface area (Å²) in [6.07, 6.45) is 8.48. The first-order valence-electron chi connectivity index (χ1n) is 6.37. The van der Waals surface area contributed by atoms with E-state index in [9.17, 15) is 4.79 Å². The monoisotopic (exact) mass is 267 g/mol. The normalized spacial score (nSPS) is 11.3. The lowest BCUT2D eigenvalue weighted by atomic mass is 10.2. The van der Waals surface area contributed by atoms with Crippen LogP contribution < -0.4 is 4.90 Å². The Balaban J connectivity index is 1.94. The molecule has 0 fully saturated rings. The Bertz CT molecular complexity index is 605. The maximum Gasteiger partial charge on any atom is 0.220 e. The van der Waals surface area contributed by atoms with Gasteiger partial charge in [0, 0.05) is 19.8 Å². The Labute approximate surface area is 118 Å². The summed E-state index contributed by atoms with van der Waals surface area (Å²) >= 11 is 0. The first-order valence-corrected chi connectivity index (χ1v) is 6.37. The summed E-state index contributed by atoms with van der Waals surface area (Å²) in [5.74, 6) is 0.215. The highest BCUT2D eigenvalue weighted by Gasteiger charge is 2.02. The third-order valence-corrected chi connectivity index (χ3v) is 2.82. The van der Waals surface area contributed by atoms with Crippen LogP contribution in [0.15, 0.2) is 65.3 Å². The summed E-state index contributed by atoms with van der Waals surface area (Å²) in [5.41, 5.74) is 2.25. The Morgan fingerprint density at radius 1 is 1.10 bits per heavy atom. The van der Waals surface area contributed by atoms with Crippen LogP contribution in [0.1, 0.15) is 16.1 Å². The summed E-state index contributed by atoms with van der Waals surface area (Å²) in [5, 5.41) is 0. The molecule has 102 valence electrons. The van der Waals surface area contributed by atoms with Crippen LogP contribution in [0.25, 0.3) is 6.08 Å². The molecule has 0 amide bonds. The molecular weight excluding hydrogens is 250 g/mol. The summed E-state index contributed by atoms with van der Waals surface area (Å²) < 4.78 is 5.02. The van der Waals surface area contributed by atoms with E-state index < -0.39 is 0 Å². The maximum absolute atomic E-state index is 11.6. The van der Waals surface area contributed by atoms with Crippen molar-refractivity contribution in [3.05, 3.63) is 72.2 Å². The molecule has 0 radical (unpaired) electrons. The Hall–Kier alpha value is -2.55. The maximum atomic E-state index is 11.6. The van der Waals surface area contributed by atoms with Crippen molar-refractivity contribution < 1.29 is 9.21 Å². The number of carbonyl (C=O) groups is 1. The molecule has 0 bridgehead atoms. The third kappa shape index (κ3) is 3.72. The second-order valence-electron chi connectivity index (χ2n) is 4.55. The highest BCUT2D eigenvalue weighted by atomic mass is 16.3. The minimum atomic E-state index is -0.136. The Morgan fingerprint density at radius 3 is 2.45 bits per heavy atom. The molecule has 1 aromatic heterocycles. The number of hydrogen-bond acceptors (Lipinski definition) is 3. The van der Waals surface area contributed by atoms with Gasteiger partial charge in [-0.05, 0) is 35.9 Å². The van der Waals surface area contributed by atoms with Crippen LogP contribution in [0.5, 0.6) is 0 Å². The van der Waals surface area contributed by atoms with Crippen molar-refractivity contribution >= 4 is 17.5 Å². The van der Waals surface area contributed by atoms with Gasteiger partial charge >= 0.3 is 0 Å². The van der Waals surface area contributed by atoms with Gasteiger partial charge in [0.25, 0.3) is 0 Å². The molecule has 0 aliphatic carbocycles. The number of rotatable bonds is 5. The molecule has 0 spiro atoms. The van der Waals surface area contributed by atoms with Gasteiger partial charge in [-0.1, -0.05) is 30.4 Å². The SMILES string of the molecule is CN(C)c1ccc(/C=C/C=C/C(=O)c2ccco2)cc1. The lowest BCUT2D eigenvalue weighted by molar-refractivity contribution is 0.102. The Kier molecular flexibility index (Phi) is 4.56. The van der Waals surface area contributed by atoms with Crippen molar-refractivity contribution in [1.82, 2.24) is 0 Å². The summed E-state index contributed by atoms with van der Waals surface area (Å²) in [6.45, 7) is 0. The summed E-state index contributed by atoms with van der Waals surface area (Å²) in [4.78, 5) is 13.7. The van der Waals surface area contributed by atoms with Crippen LogP contribution in [0, 0.1) is 0 Å². The summed E-state index contributed by atoms with van der Waals surface area (Å²) in [6, 6.07) is 11.5. The second-order valence-corrected chi connectivity index (χ2v) is 4.55. The van der Waals surface area contributed by atoms with Crippen LogP contribution in [0.2, 0.25) is 0 Å². The van der Waals surface area contributed by atoms with Crippen molar-refractivity contribution in [2.45, 2.75) is 0 Å². The number of benzene rings is 1. The molecular formula is C17H17NO2. The molecule has 0 unspecified atom stereocenters. The zero-order valence-electron chi connectivity index (χ0n) is 11.6. The van der Waals surface area contributed by atoms with E-state index in [0.29, 0.717) is 5.76 Å². The average molecular weight is 267 g/mol. The predicted molar refractivity (Wildman–Crippen MR) is 82.0 cm³/mol. The number of hydrogen-bond donors (Lipinski definition) is 0. The standard InChI is InChI=1S/C17H17NO2/c1-18(2)15-11-9-14(10-12-15)6-3-4-7-16(19)17-8-5-13-20-17/h3-13H,1-2H3/b6-3+,7-4+. The molecule has 0 aliphatic rings. The van der Waals surface area contributed by atoms with Crippen molar-refractivity contribution in [3.8, 4) is 0 Å². The van der Waals surface area contributed by atoms with E-state index in [1.165, 1.54) is 12.3 Å². The number of carbonyl (C=O) groups excluding carboxylic acids is 1. The van der Waals surface area contributed by atoms with E-state index in [-0.39, 0.29) is 5.78 Å². The van der Waals surface area contributed by atoms with E-state index in [1.54, 1.807) is 18.2 Å². The molecule has 1 aromatic carbocycles. The quantitative estimate of drug-likeness (QED) is 0.469. The fourth-order valence-corrected chi connectivity index (χ4v) is 1.69. The van der Waals surface area contributed by atoms with E-state index in [2.05, 4.69) is 17.0 Å². The fraction of sp³-hybridized carbons (Fsp3) is 0.118. The molecule has 2 rings (SSSR count). The van der Waals surface area contributed by atoms with Crippen molar-refractivity contribution in [2.75, 3.05) is 19.0 Å². The zero-order valence-corrected chi connectivity index (χ0v) is 11.6. The van der Waals surface area contributed by atoms with Gasteiger partial charge < -0.3 is 9.32 Å². The van der Waals surface area contributed by atoms with Gasteiger partial charge in [-0.25, -0.2) is 0 Å². The number of ketones is 1. The smallest absolute Gasteiger partial charge is 0.220 e. The van der Waals surface area contributed by atoms with Crippen molar-refractivity contribution in [2.24, 2.45) is 0 Å². The molecule has 20 heavy (non-hydrogen) atoms. The minimum Gasteiger partial charge on any atom is -0.461 e. The van der Waals surface area contributed by atoms with Gasteiger partial charge in [0.05, 0.1) is 6.26 Å². The van der Waals surface area contributed by atoms with Gasteiger partial charge in [-0.2, -0.15) is 0 Å². The molecule has 0 saturated carbocycles. The third-order valence-electron chi connectivity index (χ3n) is 2.82. The molecule has 0 N–H and O–H groups in total. The van der Waals surface area contributed by atoms with E-state index in [1.807, 2.05) is 38.4 Å². The van der Waals surface area contributed by atoms with Gasteiger partial charge in [-0.3, -0.25) is 4.79 Å². The fourth-order valence-electron chi connectivity index (χ4n) is 1.69. The second kappa shape index (κ2) is 6.57. The molecule has 0 aliphatic heterocycles. The number of allylic oxidation sites excluding steroid dienone is 3. The molecule has 0 atom stereocenters. The number of furan rings is 1. The summed E-state index contributed by atoms with van der Waals surface area (Å²) in [7, 11) is 4.02. The number of nitrogens with zero attached hydrogens (tertiary/aromatic N) is 1. The largest absolute Gasteiger partial charge is 0.461 e. The van der Waals surface area contributed by atoms with Gasteiger partial charge in [0.1, 0.15) is 0 Å². The van der Waals surface area contributed by atoms with Crippen LogP contribution in [0.4, 0.5) is 5.69 Å². The van der Waals surface area contributed by atoms with Crippen LogP contribution in [-0.2, 0) is 0 Å². The topological polar surface area (TPSA) is 33.5 Å². The lowest BCUT2D eigenvalue weighted by Gasteiger charge is -2.11. The molecule has 1 heterocycles. The lowest BCUT2D eigenvalue weighted by Crippen LogP contribution is -2.07. The number of anilines is 1. The van der Waals surface area contributed by atoms with Crippen molar-refractivity contribution in [3.63, 3.8) is 0 Å². The van der Waals surface area contributed by atoms with Crippen LogP contribution in [-0.4, -0.2) is 19.9 Å². The predicted octanol–water partition coefficient (Wildman–Crippen LogP) is 3.80. The molecule has 3 heteroatoms. The molecule has 2 aromatic rings. The minimum absolute atomic E-state index is 0.136. The van der Waals surface area contributed by atoms with E-state index >= 15 is 0 Å². The molecule has 3 nitrogen and oxygen atoms in total. The van der Waals surface area contributed by atoms with Crippen LogP contribution in [0.3, 0.4) is 0 Å². The van der Waals surface area contributed by atoms with E-state index in [4.69, 9.17) is 4.42 Å². The molecule has 0 saturated heterocycles. The van der Waals surface area contributed by atoms with Gasteiger partial charge in [-0.15, -0.1) is 0 Å². The first-order chi connectivity index (χ1) is 9.66.